The van der Waals surface area contributed by atoms with Crippen LogP contribution in [0.1, 0.15) is 27.7 Å². The van der Waals surface area contributed by atoms with E-state index in [1.165, 1.54) is 0 Å². The summed E-state index contributed by atoms with van der Waals surface area (Å²) in [6.45, 7) is 9.13. The maximum Gasteiger partial charge on any atom is 0.404 e. The molecule has 0 aliphatic rings. The lowest BCUT2D eigenvalue weighted by molar-refractivity contribution is -0.108. The minimum Gasteiger partial charge on any atom is -0.447 e. The number of aldehydes is 1. The second-order valence-corrected chi connectivity index (χ2v) is 2.65. The first kappa shape index (κ1) is 24.0. The van der Waals surface area contributed by atoms with E-state index in [2.05, 4.69) is 23.6 Å². The summed E-state index contributed by atoms with van der Waals surface area (Å²) in [5.74, 6) is 0.530. The summed E-state index contributed by atoms with van der Waals surface area (Å²) in [4.78, 5) is 19.2. The molecule has 0 aliphatic heterocycles. The average Bonchev–Trinajstić information content (AvgIpc) is 2.18. The largest absolute Gasteiger partial charge is 0.447 e. The molecule has 4 nitrogen and oxygen atoms in total. The minimum absolute atomic E-state index is 0. The predicted molar refractivity (Wildman–Crippen MR) is 65.0 cm³/mol. The number of alkyl halides is 1. The van der Waals surface area contributed by atoms with Crippen LogP contribution in [0.2, 0.25) is 0 Å². The Labute approximate surface area is 97.7 Å². The molecule has 16 heavy (non-hydrogen) atoms. The highest BCUT2D eigenvalue weighted by Crippen LogP contribution is 1.92. The lowest BCUT2D eigenvalue weighted by atomic mass is 10.2. The molecule has 0 saturated carbocycles. The molecule has 0 spiro atoms. The molecule has 0 unspecified atom stereocenters. The summed E-state index contributed by atoms with van der Waals surface area (Å²) in [5.41, 5.74) is 4.45. The fraction of sp³-hybridized carbons (Fsp3) is 0.636. The van der Waals surface area contributed by atoms with E-state index in [0.717, 1.165) is 6.29 Å². The Kier molecular flexibility index (Phi) is 35.2. The van der Waals surface area contributed by atoms with E-state index in [1.807, 2.05) is 13.8 Å². The molecule has 0 aromatic heterocycles. The summed E-state index contributed by atoms with van der Waals surface area (Å²) in [7, 11) is 0. The van der Waals surface area contributed by atoms with E-state index in [4.69, 9.17) is 0 Å². The Morgan fingerprint density at radius 1 is 1.50 bits per heavy atom. The molecule has 0 saturated heterocycles. The van der Waals surface area contributed by atoms with Gasteiger partial charge in [-0.15, -0.1) is 13.2 Å². The summed E-state index contributed by atoms with van der Waals surface area (Å²) >= 11 is 0. The van der Waals surface area contributed by atoms with Gasteiger partial charge in [0.05, 0.1) is 0 Å². The summed E-state index contributed by atoms with van der Waals surface area (Å²) in [5, 5.41) is 0. The molecule has 1 amide bonds. The van der Waals surface area contributed by atoms with Crippen LogP contribution >= 0.6 is 0 Å². The lowest BCUT2D eigenvalue weighted by Crippen LogP contribution is -2.14. The van der Waals surface area contributed by atoms with E-state index < -0.39 is 12.8 Å². The number of primary amides is 1. The smallest absolute Gasteiger partial charge is 0.404 e. The second-order valence-electron chi connectivity index (χ2n) is 2.65. The zero-order valence-corrected chi connectivity index (χ0v) is 9.37. The van der Waals surface area contributed by atoms with Gasteiger partial charge in [0.25, 0.3) is 0 Å². The van der Waals surface area contributed by atoms with Crippen LogP contribution in [-0.2, 0) is 9.53 Å². The third-order valence-electron chi connectivity index (χ3n) is 0.889. The van der Waals surface area contributed by atoms with E-state index in [-0.39, 0.29) is 14.0 Å². The van der Waals surface area contributed by atoms with Gasteiger partial charge in [-0.1, -0.05) is 21.3 Å². The van der Waals surface area contributed by atoms with Crippen LogP contribution in [0.4, 0.5) is 9.18 Å². The number of ether oxygens (including phenoxy) is 1. The molecule has 0 aliphatic carbocycles. The van der Waals surface area contributed by atoms with Gasteiger partial charge in [-0.25, -0.2) is 9.18 Å². The molecule has 98 valence electrons. The molecular weight excluding hydrogens is 213 g/mol. The standard InChI is InChI=1S/C5H10O.C3H6FNO2.C2H4.CH4/c1-5(2)3-4-6;4-1-2-7-3(5)6;1-2;/h4-5H,3H2,1-2H3;1-2H2,(H2,5,6);1-2H2;1H4. The van der Waals surface area contributed by atoms with E-state index >= 15 is 0 Å². The normalized spacial score (nSPS) is 7.25. The van der Waals surface area contributed by atoms with Crippen molar-refractivity contribution >= 4 is 12.4 Å². The monoisotopic (exact) mass is 237 g/mol. The van der Waals surface area contributed by atoms with Gasteiger partial charge in [0.2, 0.25) is 0 Å². The Morgan fingerprint density at radius 3 is 2.00 bits per heavy atom. The minimum atomic E-state index is -0.933. The van der Waals surface area contributed by atoms with Crippen LogP contribution in [0, 0.1) is 5.92 Å². The number of hydrogen-bond acceptors (Lipinski definition) is 3. The molecule has 5 heteroatoms. The lowest BCUT2D eigenvalue weighted by Gasteiger charge is -1.91. The molecule has 0 aromatic carbocycles. The van der Waals surface area contributed by atoms with Gasteiger partial charge in [-0.3, -0.25) is 0 Å². The van der Waals surface area contributed by atoms with Crippen molar-refractivity contribution in [3.05, 3.63) is 13.2 Å². The van der Waals surface area contributed by atoms with Crippen LogP contribution < -0.4 is 5.73 Å². The Hall–Kier alpha value is -1.39. The summed E-state index contributed by atoms with van der Waals surface area (Å²) < 4.78 is 15.0. The molecule has 0 fully saturated rings. The molecule has 0 heterocycles. The zero-order chi connectivity index (χ0) is 12.7. The first-order valence-corrected chi connectivity index (χ1v) is 4.46. The van der Waals surface area contributed by atoms with E-state index in [0.29, 0.717) is 12.3 Å². The van der Waals surface area contributed by atoms with Gasteiger partial charge < -0.3 is 15.3 Å². The maximum absolute atomic E-state index is 11.0. The van der Waals surface area contributed by atoms with Crippen molar-refractivity contribution in [2.45, 2.75) is 27.7 Å². The van der Waals surface area contributed by atoms with Crippen molar-refractivity contribution in [3.63, 3.8) is 0 Å². The third-order valence-corrected chi connectivity index (χ3v) is 0.889. The topological polar surface area (TPSA) is 69.4 Å². The number of nitrogens with two attached hydrogens (primary N) is 1. The first-order valence-electron chi connectivity index (χ1n) is 4.46. The highest BCUT2D eigenvalue weighted by atomic mass is 19.1. The zero-order valence-electron chi connectivity index (χ0n) is 9.37. The van der Waals surface area contributed by atoms with Gasteiger partial charge in [-0.05, 0) is 5.92 Å². The Morgan fingerprint density at radius 2 is 1.94 bits per heavy atom. The summed E-state index contributed by atoms with van der Waals surface area (Å²) in [6, 6.07) is 0. The fourth-order valence-electron chi connectivity index (χ4n) is 0.332. The van der Waals surface area contributed by atoms with Crippen LogP contribution in [-0.4, -0.2) is 25.7 Å². The van der Waals surface area contributed by atoms with Crippen molar-refractivity contribution in [1.82, 2.24) is 0 Å². The maximum atomic E-state index is 11.0. The highest BCUT2D eigenvalue weighted by Gasteiger charge is 1.88. The van der Waals surface area contributed by atoms with Crippen molar-refractivity contribution in [2.75, 3.05) is 13.3 Å². The van der Waals surface area contributed by atoms with E-state index in [9.17, 15) is 14.0 Å². The number of halogens is 1. The molecular formula is C11H24FNO3. The van der Waals surface area contributed by atoms with Gasteiger partial charge in [0.1, 0.15) is 19.6 Å². The number of carbonyl (C=O) groups is 2. The van der Waals surface area contributed by atoms with E-state index in [1.54, 1.807) is 0 Å². The molecule has 0 radical (unpaired) electrons. The molecule has 0 rings (SSSR count). The Bertz CT molecular complexity index is 152. The van der Waals surface area contributed by atoms with Crippen LogP contribution in [0.15, 0.2) is 13.2 Å². The quantitative estimate of drug-likeness (QED) is 0.603. The Balaban J connectivity index is -0.0000000743. The van der Waals surface area contributed by atoms with Crippen molar-refractivity contribution in [2.24, 2.45) is 11.7 Å². The average molecular weight is 237 g/mol. The second kappa shape index (κ2) is 23.4. The number of hydrogen-bond donors (Lipinski definition) is 1. The highest BCUT2D eigenvalue weighted by molar-refractivity contribution is 5.64. The number of carbonyl (C=O) groups excluding carboxylic acids is 2. The van der Waals surface area contributed by atoms with Gasteiger partial charge in [0.15, 0.2) is 0 Å². The van der Waals surface area contributed by atoms with Gasteiger partial charge >= 0.3 is 6.09 Å². The molecule has 0 aromatic rings. The first-order chi connectivity index (χ1) is 7.04. The fourth-order valence-corrected chi connectivity index (χ4v) is 0.332. The van der Waals surface area contributed by atoms with Gasteiger partial charge in [-0.2, -0.15) is 0 Å². The van der Waals surface area contributed by atoms with Crippen LogP contribution in [0.25, 0.3) is 0 Å². The molecule has 0 atom stereocenters. The van der Waals surface area contributed by atoms with Crippen molar-refractivity contribution in [3.8, 4) is 0 Å². The number of rotatable bonds is 4. The van der Waals surface area contributed by atoms with Crippen LogP contribution in [0.5, 0.6) is 0 Å². The van der Waals surface area contributed by atoms with Crippen molar-refractivity contribution in [1.29, 1.82) is 0 Å². The number of amides is 1. The predicted octanol–water partition coefficient (Wildman–Crippen LogP) is 2.72. The van der Waals surface area contributed by atoms with Crippen LogP contribution in [0.3, 0.4) is 0 Å². The third kappa shape index (κ3) is 54.0. The summed E-state index contributed by atoms with van der Waals surface area (Å²) in [6.07, 6.45) is 0.711. The molecule has 2 N–H and O–H groups in total. The molecule has 0 bridgehead atoms. The van der Waals surface area contributed by atoms with Crippen molar-refractivity contribution < 1.29 is 18.7 Å². The van der Waals surface area contributed by atoms with Gasteiger partial charge in [0, 0.05) is 6.42 Å². The SMILES string of the molecule is C.C=C.CC(C)CC=O.NC(=O)OCCF.